The number of primary amides is 1. The highest BCUT2D eigenvalue weighted by molar-refractivity contribution is 5.89. The first-order chi connectivity index (χ1) is 8.84. The van der Waals surface area contributed by atoms with E-state index in [0.29, 0.717) is 5.92 Å². The van der Waals surface area contributed by atoms with Gasteiger partial charge in [-0.05, 0) is 56.8 Å². The Morgan fingerprint density at radius 2 is 1.89 bits per heavy atom. The summed E-state index contributed by atoms with van der Waals surface area (Å²) in [6, 6.07) is 0. The van der Waals surface area contributed by atoms with Crippen molar-refractivity contribution in [1.82, 2.24) is 0 Å². The Balaban J connectivity index is 2.60. The van der Waals surface area contributed by atoms with E-state index >= 15 is 0 Å². The Bertz CT molecular complexity index is 509. The van der Waals surface area contributed by atoms with Gasteiger partial charge in [0.05, 0.1) is 5.41 Å². The van der Waals surface area contributed by atoms with E-state index in [9.17, 15) is 4.79 Å². The van der Waals surface area contributed by atoms with E-state index in [1.165, 1.54) is 22.3 Å². The maximum Gasteiger partial charge on any atom is 0.231 e. The van der Waals surface area contributed by atoms with Gasteiger partial charge < -0.3 is 5.73 Å². The van der Waals surface area contributed by atoms with Crippen LogP contribution in [0.2, 0.25) is 0 Å². The van der Waals surface area contributed by atoms with Gasteiger partial charge in [-0.25, -0.2) is 0 Å². The third-order valence-electron chi connectivity index (χ3n) is 5.40. The largest absolute Gasteiger partial charge is 0.369 e. The van der Waals surface area contributed by atoms with Gasteiger partial charge in [0.15, 0.2) is 0 Å². The molecule has 0 aromatic heterocycles. The number of rotatable bonds is 2. The molecule has 2 nitrogen and oxygen atoms in total. The van der Waals surface area contributed by atoms with Gasteiger partial charge in [-0.3, -0.25) is 4.79 Å². The van der Waals surface area contributed by atoms with E-state index in [4.69, 9.17) is 5.73 Å². The molecule has 0 bridgehead atoms. The first kappa shape index (κ1) is 14.1. The second kappa shape index (κ2) is 4.66. The molecule has 19 heavy (non-hydrogen) atoms. The predicted octanol–water partition coefficient (Wildman–Crippen LogP) is 3.89. The Labute approximate surface area is 116 Å². The molecule has 104 valence electrons. The lowest BCUT2D eigenvalue weighted by Gasteiger charge is -2.40. The molecule has 2 unspecified atom stereocenters. The Hall–Kier alpha value is -1.31. The van der Waals surface area contributed by atoms with Crippen molar-refractivity contribution in [2.24, 2.45) is 17.1 Å². The van der Waals surface area contributed by atoms with Crippen LogP contribution in [0.15, 0.2) is 34.4 Å². The minimum atomic E-state index is -0.596. The summed E-state index contributed by atoms with van der Waals surface area (Å²) in [5.74, 6) is 0.100. The molecule has 0 radical (unpaired) electrons. The van der Waals surface area contributed by atoms with Crippen molar-refractivity contribution < 1.29 is 4.79 Å². The highest BCUT2D eigenvalue weighted by Gasteiger charge is 2.48. The summed E-state index contributed by atoms with van der Waals surface area (Å²) in [6.07, 6.45) is 3.94. The quantitative estimate of drug-likeness (QED) is 0.751. The van der Waals surface area contributed by atoms with Crippen molar-refractivity contribution >= 4 is 5.91 Å². The molecule has 2 atom stereocenters. The van der Waals surface area contributed by atoms with Gasteiger partial charge in [0.2, 0.25) is 5.91 Å². The van der Waals surface area contributed by atoms with E-state index in [0.717, 1.165) is 31.3 Å². The van der Waals surface area contributed by atoms with Crippen LogP contribution in [0.3, 0.4) is 0 Å². The van der Waals surface area contributed by atoms with Crippen LogP contribution in [0.25, 0.3) is 0 Å². The Kier molecular flexibility index (Phi) is 3.46. The maximum atomic E-state index is 12.3. The molecule has 2 aliphatic rings. The summed E-state index contributed by atoms with van der Waals surface area (Å²) in [4.78, 5) is 12.3. The molecule has 1 saturated carbocycles. The third kappa shape index (κ3) is 1.80. The molecule has 0 aromatic carbocycles. The number of carbonyl (C=O) groups is 1. The average Bonchev–Trinajstić information content (AvgIpc) is 2.55. The second-order valence-corrected chi connectivity index (χ2v) is 6.15. The molecule has 2 heteroatoms. The van der Waals surface area contributed by atoms with Crippen molar-refractivity contribution in [2.75, 3.05) is 0 Å². The van der Waals surface area contributed by atoms with Gasteiger partial charge in [0.25, 0.3) is 0 Å². The summed E-state index contributed by atoms with van der Waals surface area (Å²) in [7, 11) is 0. The fraction of sp³-hybridized carbons (Fsp3) is 0.588. The maximum absolute atomic E-state index is 12.3. The predicted molar refractivity (Wildman–Crippen MR) is 79.5 cm³/mol. The highest BCUT2D eigenvalue weighted by atomic mass is 16.1. The normalized spacial score (nSPS) is 32.2. The van der Waals surface area contributed by atoms with Crippen molar-refractivity contribution in [3.63, 3.8) is 0 Å². The molecule has 0 spiro atoms. The van der Waals surface area contributed by atoms with Gasteiger partial charge in [0, 0.05) is 5.92 Å². The average molecular weight is 259 g/mol. The van der Waals surface area contributed by atoms with Crippen LogP contribution < -0.4 is 5.73 Å². The van der Waals surface area contributed by atoms with Crippen LogP contribution in [0.5, 0.6) is 0 Å². The molecule has 2 N–H and O–H groups in total. The van der Waals surface area contributed by atoms with E-state index in [1.807, 2.05) is 0 Å². The molecule has 1 fully saturated rings. The van der Waals surface area contributed by atoms with Crippen molar-refractivity contribution in [3.8, 4) is 0 Å². The van der Waals surface area contributed by atoms with E-state index in [1.54, 1.807) is 0 Å². The molecule has 0 saturated heterocycles. The minimum absolute atomic E-state index is 0.208. The standard InChI is InChI=1S/C17H25NO/c1-10-8-6-7-9-17(10,16(18)19)15-13(4)11(2)12(3)14(15)5/h13H,1,6-9H2,2-5H3,(H2,18,19). The van der Waals surface area contributed by atoms with Crippen LogP contribution in [-0.2, 0) is 4.79 Å². The minimum Gasteiger partial charge on any atom is -0.369 e. The Morgan fingerprint density at radius 3 is 2.32 bits per heavy atom. The summed E-state index contributed by atoms with van der Waals surface area (Å²) in [5.41, 5.74) is 11.4. The molecule has 0 aliphatic heterocycles. The Morgan fingerprint density at radius 1 is 1.26 bits per heavy atom. The van der Waals surface area contributed by atoms with Crippen molar-refractivity contribution in [1.29, 1.82) is 0 Å². The summed E-state index contributed by atoms with van der Waals surface area (Å²) in [6.45, 7) is 12.8. The summed E-state index contributed by atoms with van der Waals surface area (Å²) >= 11 is 0. The topological polar surface area (TPSA) is 43.1 Å². The van der Waals surface area contributed by atoms with Crippen LogP contribution in [0.1, 0.15) is 53.4 Å². The van der Waals surface area contributed by atoms with Gasteiger partial charge in [-0.2, -0.15) is 0 Å². The van der Waals surface area contributed by atoms with E-state index < -0.39 is 5.41 Å². The number of allylic oxidation sites excluding steroid dienone is 3. The molecule has 2 rings (SSSR count). The molecule has 0 heterocycles. The number of nitrogens with two attached hydrogens (primary N) is 1. The van der Waals surface area contributed by atoms with Crippen molar-refractivity contribution in [2.45, 2.75) is 53.4 Å². The second-order valence-electron chi connectivity index (χ2n) is 6.15. The van der Waals surface area contributed by atoms with Gasteiger partial charge in [-0.15, -0.1) is 0 Å². The fourth-order valence-corrected chi connectivity index (χ4v) is 3.93. The van der Waals surface area contributed by atoms with Crippen LogP contribution in [0, 0.1) is 11.3 Å². The van der Waals surface area contributed by atoms with Crippen LogP contribution >= 0.6 is 0 Å². The molecule has 0 aromatic rings. The number of amides is 1. The van der Waals surface area contributed by atoms with Gasteiger partial charge >= 0.3 is 0 Å². The SMILES string of the molecule is C=C1CCCCC1(C(N)=O)C1=C(C)C(C)=C(C)C1C. The monoisotopic (exact) mass is 259 g/mol. The zero-order chi connectivity index (χ0) is 14.4. The third-order valence-corrected chi connectivity index (χ3v) is 5.40. The zero-order valence-corrected chi connectivity index (χ0v) is 12.6. The van der Waals surface area contributed by atoms with Gasteiger partial charge in [-0.1, -0.05) is 31.1 Å². The summed E-state index contributed by atoms with van der Waals surface area (Å²) in [5, 5.41) is 0. The molecular weight excluding hydrogens is 234 g/mol. The first-order valence-electron chi connectivity index (χ1n) is 7.21. The zero-order valence-electron chi connectivity index (χ0n) is 12.6. The number of carbonyl (C=O) groups excluding carboxylic acids is 1. The first-order valence-corrected chi connectivity index (χ1v) is 7.21. The lowest BCUT2D eigenvalue weighted by atomic mass is 9.62. The van der Waals surface area contributed by atoms with Crippen LogP contribution in [-0.4, -0.2) is 5.91 Å². The molecule has 2 aliphatic carbocycles. The lowest BCUT2D eigenvalue weighted by molar-refractivity contribution is -0.125. The smallest absolute Gasteiger partial charge is 0.231 e. The number of hydrogen-bond acceptors (Lipinski definition) is 1. The van der Waals surface area contributed by atoms with Crippen LogP contribution in [0.4, 0.5) is 0 Å². The summed E-state index contributed by atoms with van der Waals surface area (Å²) < 4.78 is 0. The van der Waals surface area contributed by atoms with Crippen molar-refractivity contribution in [3.05, 3.63) is 34.4 Å². The van der Waals surface area contributed by atoms with Gasteiger partial charge in [0.1, 0.15) is 0 Å². The van der Waals surface area contributed by atoms with E-state index in [2.05, 4.69) is 34.3 Å². The highest BCUT2D eigenvalue weighted by Crippen LogP contribution is 2.54. The lowest BCUT2D eigenvalue weighted by Crippen LogP contribution is -2.43. The number of hydrogen-bond donors (Lipinski definition) is 1. The fourth-order valence-electron chi connectivity index (χ4n) is 3.93. The van der Waals surface area contributed by atoms with E-state index in [-0.39, 0.29) is 5.91 Å². The molecule has 1 amide bonds. The molecular formula is C17H25NO.